The van der Waals surface area contributed by atoms with E-state index < -0.39 is 0 Å². The number of hydrogen-bond donors (Lipinski definition) is 1. The number of likely N-dealkylation sites (N-methyl/N-ethyl adjacent to an activating group) is 1. The van der Waals surface area contributed by atoms with Gasteiger partial charge in [-0.1, -0.05) is 31.2 Å². The number of ether oxygens (including phenoxy) is 1. The first-order valence-electron chi connectivity index (χ1n) is 6.35. The Labute approximate surface area is 104 Å². The Hall–Kier alpha value is -0.900. The SMILES string of the molecule is CCc1ccc(C(N)C2CN(C)CCO2)cc1. The Morgan fingerprint density at radius 1 is 1.41 bits per heavy atom. The van der Waals surface area contributed by atoms with Crippen molar-refractivity contribution in [3.63, 3.8) is 0 Å². The van der Waals surface area contributed by atoms with Crippen LogP contribution in [0.1, 0.15) is 24.1 Å². The van der Waals surface area contributed by atoms with E-state index in [1.165, 1.54) is 11.1 Å². The molecule has 1 aliphatic rings. The standard InChI is InChI=1S/C14H22N2O/c1-3-11-4-6-12(7-5-11)14(15)13-10-16(2)8-9-17-13/h4-7,13-14H,3,8-10,15H2,1-2H3. The number of hydrogen-bond acceptors (Lipinski definition) is 3. The summed E-state index contributed by atoms with van der Waals surface area (Å²) in [6, 6.07) is 8.54. The van der Waals surface area contributed by atoms with Crippen LogP contribution >= 0.6 is 0 Å². The normalized spacial score (nSPS) is 23.6. The molecule has 0 aromatic heterocycles. The lowest BCUT2D eigenvalue weighted by atomic mass is 9.99. The lowest BCUT2D eigenvalue weighted by Crippen LogP contribution is -2.45. The molecule has 1 heterocycles. The van der Waals surface area contributed by atoms with Crippen LogP contribution in [0.3, 0.4) is 0 Å². The summed E-state index contributed by atoms with van der Waals surface area (Å²) in [5.41, 5.74) is 8.79. The van der Waals surface area contributed by atoms with Gasteiger partial charge in [0.2, 0.25) is 0 Å². The highest BCUT2D eigenvalue weighted by molar-refractivity contribution is 5.25. The molecule has 17 heavy (non-hydrogen) atoms. The molecule has 0 saturated carbocycles. The second-order valence-electron chi connectivity index (χ2n) is 4.79. The third kappa shape index (κ3) is 3.06. The molecule has 0 radical (unpaired) electrons. The van der Waals surface area contributed by atoms with Gasteiger partial charge in [0, 0.05) is 13.1 Å². The van der Waals surface area contributed by atoms with Crippen molar-refractivity contribution in [3.8, 4) is 0 Å². The van der Waals surface area contributed by atoms with Crippen LogP contribution in [0.2, 0.25) is 0 Å². The third-order valence-electron chi connectivity index (χ3n) is 3.47. The summed E-state index contributed by atoms with van der Waals surface area (Å²) in [4.78, 5) is 2.27. The lowest BCUT2D eigenvalue weighted by molar-refractivity contribution is -0.0326. The minimum Gasteiger partial charge on any atom is -0.374 e. The molecule has 0 spiro atoms. The summed E-state index contributed by atoms with van der Waals surface area (Å²) < 4.78 is 5.75. The van der Waals surface area contributed by atoms with Crippen molar-refractivity contribution in [2.45, 2.75) is 25.5 Å². The van der Waals surface area contributed by atoms with Crippen molar-refractivity contribution in [3.05, 3.63) is 35.4 Å². The maximum atomic E-state index is 6.27. The Kier molecular flexibility index (Phi) is 4.15. The minimum absolute atomic E-state index is 0.0244. The highest BCUT2D eigenvalue weighted by Gasteiger charge is 2.24. The average Bonchev–Trinajstić information content (AvgIpc) is 2.38. The Balaban J connectivity index is 2.04. The number of morpholine rings is 1. The number of benzene rings is 1. The number of nitrogens with two attached hydrogens (primary N) is 1. The van der Waals surface area contributed by atoms with Crippen LogP contribution in [0, 0.1) is 0 Å². The Bertz CT molecular complexity index is 350. The van der Waals surface area contributed by atoms with E-state index in [-0.39, 0.29) is 12.1 Å². The zero-order valence-corrected chi connectivity index (χ0v) is 10.7. The van der Waals surface area contributed by atoms with Gasteiger partial charge < -0.3 is 15.4 Å². The lowest BCUT2D eigenvalue weighted by Gasteiger charge is -2.33. The van der Waals surface area contributed by atoms with Gasteiger partial charge in [0.05, 0.1) is 18.8 Å². The maximum Gasteiger partial charge on any atom is 0.0894 e. The summed E-state index contributed by atoms with van der Waals surface area (Å²) in [5.74, 6) is 0. The van der Waals surface area contributed by atoms with Crippen LogP contribution in [0.5, 0.6) is 0 Å². The van der Waals surface area contributed by atoms with Crippen molar-refractivity contribution >= 4 is 0 Å². The Morgan fingerprint density at radius 3 is 2.71 bits per heavy atom. The Morgan fingerprint density at radius 2 is 2.12 bits per heavy atom. The maximum absolute atomic E-state index is 6.27. The van der Waals surface area contributed by atoms with Crippen LogP contribution in [-0.4, -0.2) is 37.7 Å². The van der Waals surface area contributed by atoms with Gasteiger partial charge >= 0.3 is 0 Å². The second-order valence-corrected chi connectivity index (χ2v) is 4.79. The zero-order valence-electron chi connectivity index (χ0n) is 10.7. The smallest absolute Gasteiger partial charge is 0.0894 e. The highest BCUT2D eigenvalue weighted by atomic mass is 16.5. The summed E-state index contributed by atoms with van der Waals surface area (Å²) >= 11 is 0. The van der Waals surface area contributed by atoms with Crippen molar-refractivity contribution in [2.24, 2.45) is 5.73 Å². The molecule has 1 aromatic rings. The van der Waals surface area contributed by atoms with E-state index in [9.17, 15) is 0 Å². The molecule has 1 fully saturated rings. The summed E-state index contributed by atoms with van der Waals surface area (Å²) in [6.45, 7) is 4.85. The molecule has 2 N–H and O–H groups in total. The molecule has 2 rings (SSSR count). The quantitative estimate of drug-likeness (QED) is 0.863. The fourth-order valence-corrected chi connectivity index (χ4v) is 2.22. The molecular weight excluding hydrogens is 212 g/mol. The van der Waals surface area contributed by atoms with Gasteiger partial charge in [-0.3, -0.25) is 0 Å². The molecule has 3 heteroatoms. The molecule has 2 atom stereocenters. The minimum atomic E-state index is -0.0244. The summed E-state index contributed by atoms with van der Waals surface area (Å²) in [5, 5.41) is 0. The van der Waals surface area contributed by atoms with E-state index >= 15 is 0 Å². The fourth-order valence-electron chi connectivity index (χ4n) is 2.22. The fraction of sp³-hybridized carbons (Fsp3) is 0.571. The van der Waals surface area contributed by atoms with Gasteiger partial charge in [-0.05, 0) is 24.6 Å². The summed E-state index contributed by atoms with van der Waals surface area (Å²) in [7, 11) is 2.11. The second kappa shape index (κ2) is 5.63. The molecular formula is C14H22N2O. The molecule has 0 bridgehead atoms. The monoisotopic (exact) mass is 234 g/mol. The topological polar surface area (TPSA) is 38.5 Å². The summed E-state index contributed by atoms with van der Waals surface area (Å²) in [6.07, 6.45) is 1.18. The van der Waals surface area contributed by atoms with E-state index in [0.717, 1.165) is 26.1 Å². The zero-order chi connectivity index (χ0) is 12.3. The van der Waals surface area contributed by atoms with E-state index in [1.807, 2.05) is 0 Å². The molecule has 1 aromatic carbocycles. The van der Waals surface area contributed by atoms with Crippen LogP contribution < -0.4 is 5.73 Å². The van der Waals surface area contributed by atoms with E-state index in [0.29, 0.717) is 0 Å². The highest BCUT2D eigenvalue weighted by Crippen LogP contribution is 2.20. The molecule has 2 unspecified atom stereocenters. The number of nitrogens with zero attached hydrogens (tertiary/aromatic N) is 1. The third-order valence-corrected chi connectivity index (χ3v) is 3.47. The van der Waals surface area contributed by atoms with Gasteiger partial charge in [0.15, 0.2) is 0 Å². The van der Waals surface area contributed by atoms with E-state index in [1.54, 1.807) is 0 Å². The largest absolute Gasteiger partial charge is 0.374 e. The molecule has 0 amide bonds. The predicted octanol–water partition coefficient (Wildman–Crippen LogP) is 1.58. The molecule has 1 aliphatic heterocycles. The predicted molar refractivity (Wildman–Crippen MR) is 70.0 cm³/mol. The first kappa shape index (κ1) is 12.6. The van der Waals surface area contributed by atoms with Gasteiger partial charge in [-0.15, -0.1) is 0 Å². The van der Waals surface area contributed by atoms with Crippen molar-refractivity contribution in [2.75, 3.05) is 26.7 Å². The van der Waals surface area contributed by atoms with Crippen molar-refractivity contribution < 1.29 is 4.74 Å². The van der Waals surface area contributed by atoms with Gasteiger partial charge in [0.1, 0.15) is 0 Å². The first-order valence-corrected chi connectivity index (χ1v) is 6.35. The number of rotatable bonds is 3. The average molecular weight is 234 g/mol. The van der Waals surface area contributed by atoms with Gasteiger partial charge in [-0.25, -0.2) is 0 Å². The molecule has 3 nitrogen and oxygen atoms in total. The molecule has 1 saturated heterocycles. The molecule has 94 valence electrons. The van der Waals surface area contributed by atoms with E-state index in [2.05, 4.69) is 43.1 Å². The molecule has 0 aliphatic carbocycles. The van der Waals surface area contributed by atoms with Crippen molar-refractivity contribution in [1.82, 2.24) is 4.90 Å². The van der Waals surface area contributed by atoms with Crippen molar-refractivity contribution in [1.29, 1.82) is 0 Å². The van der Waals surface area contributed by atoms with Crippen LogP contribution in [-0.2, 0) is 11.2 Å². The van der Waals surface area contributed by atoms with Crippen LogP contribution in [0.4, 0.5) is 0 Å². The van der Waals surface area contributed by atoms with Crippen LogP contribution in [0.25, 0.3) is 0 Å². The number of aryl methyl sites for hydroxylation is 1. The van der Waals surface area contributed by atoms with E-state index in [4.69, 9.17) is 10.5 Å². The first-order chi connectivity index (χ1) is 8.20. The van der Waals surface area contributed by atoms with Gasteiger partial charge in [-0.2, -0.15) is 0 Å². The van der Waals surface area contributed by atoms with Crippen LogP contribution in [0.15, 0.2) is 24.3 Å². The van der Waals surface area contributed by atoms with Gasteiger partial charge in [0.25, 0.3) is 0 Å².